The zero-order valence-electron chi connectivity index (χ0n) is 10.1. The molecule has 0 fully saturated rings. The fourth-order valence-corrected chi connectivity index (χ4v) is 2.74. The second kappa shape index (κ2) is 5.51. The molecule has 1 nitrogen and oxygen atoms in total. The fourth-order valence-electron chi connectivity index (χ4n) is 1.80. The van der Waals surface area contributed by atoms with Crippen molar-refractivity contribution in [3.63, 3.8) is 0 Å². The standard InChI is InChI=1S/C16H12OS2/c18-15-5-2-1-4-14(15)17-13-9-7-12(8-10-13)16-6-3-11-19-16/h1-11,18H. The maximum Gasteiger partial charge on any atom is 0.140 e. The van der Waals surface area contributed by atoms with E-state index in [1.807, 2.05) is 36.4 Å². The van der Waals surface area contributed by atoms with E-state index in [1.165, 1.54) is 10.4 Å². The van der Waals surface area contributed by atoms with E-state index in [1.54, 1.807) is 11.3 Å². The van der Waals surface area contributed by atoms with Crippen molar-refractivity contribution in [2.45, 2.75) is 4.90 Å². The van der Waals surface area contributed by atoms with Crippen molar-refractivity contribution >= 4 is 24.0 Å². The van der Waals surface area contributed by atoms with E-state index >= 15 is 0 Å². The van der Waals surface area contributed by atoms with Gasteiger partial charge in [0.05, 0.1) is 0 Å². The summed E-state index contributed by atoms with van der Waals surface area (Å²) in [7, 11) is 0. The number of benzene rings is 2. The first-order valence-electron chi connectivity index (χ1n) is 5.93. The fraction of sp³-hybridized carbons (Fsp3) is 0. The molecule has 1 heterocycles. The summed E-state index contributed by atoms with van der Waals surface area (Å²) in [6.07, 6.45) is 0. The number of hydrogen-bond donors (Lipinski definition) is 1. The van der Waals surface area contributed by atoms with Crippen molar-refractivity contribution < 1.29 is 4.74 Å². The van der Waals surface area contributed by atoms with Crippen LogP contribution in [0.25, 0.3) is 10.4 Å². The second-order valence-corrected chi connectivity index (χ2v) is 5.50. The van der Waals surface area contributed by atoms with Crippen molar-refractivity contribution in [2.24, 2.45) is 0 Å². The monoisotopic (exact) mass is 284 g/mol. The highest BCUT2D eigenvalue weighted by atomic mass is 32.1. The van der Waals surface area contributed by atoms with E-state index in [2.05, 4.69) is 42.3 Å². The quantitative estimate of drug-likeness (QED) is 0.625. The lowest BCUT2D eigenvalue weighted by Crippen LogP contribution is -1.85. The molecule has 94 valence electrons. The second-order valence-electron chi connectivity index (χ2n) is 4.07. The Morgan fingerprint density at radius 1 is 0.842 bits per heavy atom. The highest BCUT2D eigenvalue weighted by Crippen LogP contribution is 2.30. The molecule has 0 saturated carbocycles. The van der Waals surface area contributed by atoms with Crippen LogP contribution in [-0.2, 0) is 0 Å². The molecular weight excluding hydrogens is 272 g/mol. The molecule has 0 amide bonds. The number of ether oxygens (including phenoxy) is 1. The summed E-state index contributed by atoms with van der Waals surface area (Å²) in [6, 6.07) is 20.0. The molecule has 0 aliphatic heterocycles. The van der Waals surface area contributed by atoms with Crippen LogP contribution in [0.3, 0.4) is 0 Å². The molecule has 3 aromatic rings. The number of thiol groups is 1. The maximum atomic E-state index is 5.81. The Bertz CT molecular complexity index is 657. The molecule has 0 aliphatic rings. The molecule has 1 aromatic heterocycles. The third-order valence-corrected chi connectivity index (χ3v) is 4.04. The van der Waals surface area contributed by atoms with Gasteiger partial charge in [-0.25, -0.2) is 0 Å². The van der Waals surface area contributed by atoms with Crippen LogP contribution in [0.2, 0.25) is 0 Å². The van der Waals surface area contributed by atoms with Gasteiger partial charge >= 0.3 is 0 Å². The van der Waals surface area contributed by atoms with E-state index < -0.39 is 0 Å². The zero-order chi connectivity index (χ0) is 13.1. The molecule has 0 N–H and O–H groups in total. The minimum absolute atomic E-state index is 0.773. The normalized spacial score (nSPS) is 10.4. The van der Waals surface area contributed by atoms with E-state index in [0.717, 1.165) is 16.4 Å². The summed E-state index contributed by atoms with van der Waals surface area (Å²) < 4.78 is 5.81. The van der Waals surface area contributed by atoms with Crippen LogP contribution in [-0.4, -0.2) is 0 Å². The third-order valence-electron chi connectivity index (χ3n) is 2.75. The SMILES string of the molecule is Sc1ccccc1Oc1ccc(-c2cccs2)cc1. The van der Waals surface area contributed by atoms with Gasteiger partial charge in [0.2, 0.25) is 0 Å². The van der Waals surface area contributed by atoms with Crippen molar-refractivity contribution in [3.8, 4) is 21.9 Å². The molecule has 0 spiro atoms. The van der Waals surface area contributed by atoms with Gasteiger partial charge in [-0.15, -0.1) is 24.0 Å². The predicted octanol–water partition coefficient (Wildman–Crippen LogP) is 5.50. The lowest BCUT2D eigenvalue weighted by atomic mass is 10.2. The van der Waals surface area contributed by atoms with Gasteiger partial charge in [-0.05, 0) is 53.4 Å². The van der Waals surface area contributed by atoms with Crippen LogP contribution in [0, 0.1) is 0 Å². The molecule has 0 atom stereocenters. The van der Waals surface area contributed by atoms with Gasteiger partial charge in [0.15, 0.2) is 0 Å². The van der Waals surface area contributed by atoms with Crippen LogP contribution >= 0.6 is 24.0 Å². The van der Waals surface area contributed by atoms with E-state index in [9.17, 15) is 0 Å². The number of para-hydroxylation sites is 1. The van der Waals surface area contributed by atoms with Crippen LogP contribution in [0.4, 0.5) is 0 Å². The summed E-state index contributed by atoms with van der Waals surface area (Å²) in [5, 5.41) is 2.08. The van der Waals surface area contributed by atoms with E-state index in [4.69, 9.17) is 4.74 Å². The molecule has 2 aromatic carbocycles. The van der Waals surface area contributed by atoms with Crippen molar-refractivity contribution in [3.05, 3.63) is 66.0 Å². The number of hydrogen-bond acceptors (Lipinski definition) is 3. The third kappa shape index (κ3) is 2.83. The number of rotatable bonds is 3. The lowest BCUT2D eigenvalue weighted by molar-refractivity contribution is 0.471. The minimum Gasteiger partial charge on any atom is -0.456 e. The highest BCUT2D eigenvalue weighted by Gasteiger charge is 2.02. The van der Waals surface area contributed by atoms with Gasteiger partial charge in [-0.1, -0.05) is 18.2 Å². The van der Waals surface area contributed by atoms with Crippen LogP contribution in [0.1, 0.15) is 0 Å². The molecule has 0 radical (unpaired) electrons. The van der Waals surface area contributed by atoms with Gasteiger partial charge in [-0.2, -0.15) is 0 Å². The van der Waals surface area contributed by atoms with Crippen LogP contribution in [0.5, 0.6) is 11.5 Å². The van der Waals surface area contributed by atoms with E-state index in [-0.39, 0.29) is 0 Å². The summed E-state index contributed by atoms with van der Waals surface area (Å²) in [4.78, 5) is 2.10. The first-order valence-corrected chi connectivity index (χ1v) is 7.25. The summed E-state index contributed by atoms with van der Waals surface area (Å²) >= 11 is 6.11. The van der Waals surface area contributed by atoms with Gasteiger partial charge in [-0.3, -0.25) is 0 Å². The molecule has 0 aliphatic carbocycles. The van der Waals surface area contributed by atoms with Crippen LogP contribution in [0.15, 0.2) is 70.9 Å². The predicted molar refractivity (Wildman–Crippen MR) is 83.5 cm³/mol. The summed E-state index contributed by atoms with van der Waals surface area (Å²) in [5.74, 6) is 1.59. The zero-order valence-corrected chi connectivity index (χ0v) is 11.8. The molecule has 0 saturated heterocycles. The Labute approximate surface area is 121 Å². The lowest BCUT2D eigenvalue weighted by Gasteiger charge is -2.08. The highest BCUT2D eigenvalue weighted by molar-refractivity contribution is 7.80. The average Bonchev–Trinajstić information content (AvgIpc) is 2.96. The van der Waals surface area contributed by atoms with E-state index in [0.29, 0.717) is 0 Å². The smallest absolute Gasteiger partial charge is 0.140 e. The Morgan fingerprint density at radius 3 is 2.32 bits per heavy atom. The first-order chi connectivity index (χ1) is 9.33. The van der Waals surface area contributed by atoms with Gasteiger partial charge < -0.3 is 4.74 Å². The van der Waals surface area contributed by atoms with Crippen molar-refractivity contribution in [1.29, 1.82) is 0 Å². The first kappa shape index (κ1) is 12.3. The molecular formula is C16H12OS2. The average molecular weight is 284 g/mol. The largest absolute Gasteiger partial charge is 0.456 e. The molecule has 0 unspecified atom stereocenters. The Hall–Kier alpha value is -1.71. The Kier molecular flexibility index (Phi) is 3.58. The topological polar surface area (TPSA) is 9.23 Å². The minimum atomic E-state index is 0.773. The van der Waals surface area contributed by atoms with Crippen LogP contribution < -0.4 is 4.74 Å². The molecule has 19 heavy (non-hydrogen) atoms. The maximum absolute atomic E-state index is 5.81. The Morgan fingerprint density at radius 2 is 1.63 bits per heavy atom. The van der Waals surface area contributed by atoms with Gasteiger partial charge in [0, 0.05) is 9.77 Å². The van der Waals surface area contributed by atoms with Crippen molar-refractivity contribution in [2.75, 3.05) is 0 Å². The Balaban J connectivity index is 1.82. The molecule has 3 rings (SSSR count). The summed E-state index contributed by atoms with van der Waals surface area (Å²) in [5.41, 5.74) is 1.21. The number of thiophene rings is 1. The van der Waals surface area contributed by atoms with Gasteiger partial charge in [0.1, 0.15) is 11.5 Å². The van der Waals surface area contributed by atoms with Crippen molar-refractivity contribution in [1.82, 2.24) is 0 Å². The van der Waals surface area contributed by atoms with Gasteiger partial charge in [0.25, 0.3) is 0 Å². The molecule has 0 bridgehead atoms. The summed E-state index contributed by atoms with van der Waals surface area (Å²) in [6.45, 7) is 0. The molecule has 3 heteroatoms.